The highest BCUT2D eigenvalue weighted by Crippen LogP contribution is 2.29. The Morgan fingerprint density at radius 3 is 2.85 bits per heavy atom. The molecule has 140 valence electrons. The van der Waals surface area contributed by atoms with E-state index in [1.165, 1.54) is 17.4 Å². The molecule has 3 aromatic rings. The molecule has 1 aliphatic rings. The number of aryl methyl sites for hydroxylation is 3. The maximum Gasteiger partial charge on any atom is 0.266 e. The number of thiophene rings is 1. The average molecular weight is 385 g/mol. The van der Waals surface area contributed by atoms with Gasteiger partial charge in [0, 0.05) is 13.0 Å². The number of fused-ring (bicyclic) bond motifs is 2. The molecular weight excluding hydrogens is 365 g/mol. The van der Waals surface area contributed by atoms with Gasteiger partial charge in [0.25, 0.3) is 11.5 Å². The van der Waals surface area contributed by atoms with Crippen molar-refractivity contribution >= 4 is 33.1 Å². The lowest BCUT2D eigenvalue weighted by atomic mass is 10.2. The number of amides is 1. The Balaban J connectivity index is 1.76. The fraction of sp³-hybridized carbons (Fsp3) is 0.350. The topological polar surface area (TPSA) is 64.0 Å². The summed E-state index contributed by atoms with van der Waals surface area (Å²) in [6.07, 6.45) is 3.84. The van der Waals surface area contributed by atoms with E-state index < -0.39 is 11.7 Å². The van der Waals surface area contributed by atoms with Gasteiger partial charge in [-0.15, -0.1) is 11.3 Å². The van der Waals surface area contributed by atoms with E-state index in [9.17, 15) is 14.0 Å². The summed E-state index contributed by atoms with van der Waals surface area (Å²) in [6.45, 7) is 4.21. The molecule has 3 heterocycles. The zero-order chi connectivity index (χ0) is 19.1. The third-order valence-electron chi connectivity index (χ3n) is 4.99. The number of aromatic nitrogens is 2. The van der Waals surface area contributed by atoms with Crippen LogP contribution in [0.25, 0.3) is 10.2 Å². The van der Waals surface area contributed by atoms with Gasteiger partial charge in [-0.2, -0.15) is 0 Å². The first-order valence-electron chi connectivity index (χ1n) is 9.06. The summed E-state index contributed by atoms with van der Waals surface area (Å²) in [4.78, 5) is 31.3. The molecule has 1 aliphatic heterocycles. The van der Waals surface area contributed by atoms with E-state index >= 15 is 0 Å². The lowest BCUT2D eigenvalue weighted by Crippen LogP contribution is -2.24. The lowest BCUT2D eigenvalue weighted by molar-refractivity contribution is 0.102. The van der Waals surface area contributed by atoms with E-state index in [4.69, 9.17) is 0 Å². The molecule has 1 amide bonds. The number of nitrogens with zero attached hydrogens (tertiary/aromatic N) is 2. The Labute approximate surface area is 159 Å². The Morgan fingerprint density at radius 1 is 1.26 bits per heavy atom. The molecule has 0 bridgehead atoms. The predicted octanol–water partition coefficient (Wildman–Crippen LogP) is 4.19. The van der Waals surface area contributed by atoms with Gasteiger partial charge in [0.2, 0.25) is 0 Å². The first-order chi connectivity index (χ1) is 13.0. The van der Waals surface area contributed by atoms with Gasteiger partial charge in [-0.25, -0.2) is 9.37 Å². The van der Waals surface area contributed by atoms with Crippen LogP contribution in [0.1, 0.15) is 45.9 Å². The van der Waals surface area contributed by atoms with Crippen molar-refractivity contribution in [2.24, 2.45) is 0 Å². The summed E-state index contributed by atoms with van der Waals surface area (Å²) in [5.41, 5.74) is 1.44. The molecule has 27 heavy (non-hydrogen) atoms. The Bertz CT molecular complexity index is 1120. The largest absolute Gasteiger partial charge is 0.319 e. The highest BCUT2D eigenvalue weighted by atomic mass is 32.1. The van der Waals surface area contributed by atoms with E-state index in [1.807, 2.05) is 0 Å². The van der Waals surface area contributed by atoms with Crippen LogP contribution in [0, 0.1) is 19.7 Å². The maximum atomic E-state index is 14.1. The monoisotopic (exact) mass is 385 g/mol. The van der Waals surface area contributed by atoms with Crippen LogP contribution in [-0.2, 0) is 13.0 Å². The molecule has 2 aromatic heterocycles. The number of hydrogen-bond donors (Lipinski definition) is 1. The highest BCUT2D eigenvalue weighted by molar-refractivity contribution is 7.20. The summed E-state index contributed by atoms with van der Waals surface area (Å²) in [7, 11) is 0. The number of carbonyl (C=O) groups is 1. The van der Waals surface area contributed by atoms with Crippen LogP contribution in [0.4, 0.5) is 10.1 Å². The van der Waals surface area contributed by atoms with E-state index in [0.717, 1.165) is 37.1 Å². The molecule has 0 fully saturated rings. The summed E-state index contributed by atoms with van der Waals surface area (Å²) in [5.74, 6) is -0.104. The molecule has 0 atom stereocenters. The van der Waals surface area contributed by atoms with Crippen molar-refractivity contribution < 1.29 is 9.18 Å². The van der Waals surface area contributed by atoms with Gasteiger partial charge in [0.1, 0.15) is 16.5 Å². The number of benzene rings is 1. The SMILES string of the molecule is Cc1ccc(NC(=O)c2sc3nc4n(c(=O)c3c2C)CCCCC4)c(F)c1. The second-order valence-electron chi connectivity index (χ2n) is 6.97. The first kappa shape index (κ1) is 17.9. The smallest absolute Gasteiger partial charge is 0.266 e. The van der Waals surface area contributed by atoms with Crippen LogP contribution in [0.15, 0.2) is 23.0 Å². The third-order valence-corrected chi connectivity index (χ3v) is 6.17. The van der Waals surface area contributed by atoms with Gasteiger partial charge < -0.3 is 5.32 Å². The van der Waals surface area contributed by atoms with Gasteiger partial charge in [0.15, 0.2) is 0 Å². The van der Waals surface area contributed by atoms with Crippen LogP contribution < -0.4 is 10.9 Å². The molecule has 0 spiro atoms. The van der Waals surface area contributed by atoms with Crippen LogP contribution in [-0.4, -0.2) is 15.5 Å². The number of halogens is 1. The summed E-state index contributed by atoms with van der Waals surface area (Å²) >= 11 is 1.20. The molecule has 7 heteroatoms. The third kappa shape index (κ3) is 3.16. The zero-order valence-electron chi connectivity index (χ0n) is 15.3. The Morgan fingerprint density at radius 2 is 2.07 bits per heavy atom. The van der Waals surface area contributed by atoms with Gasteiger partial charge in [-0.3, -0.25) is 14.2 Å². The fourth-order valence-corrected chi connectivity index (χ4v) is 4.61. The molecule has 4 rings (SSSR count). The molecule has 0 saturated heterocycles. The number of hydrogen-bond acceptors (Lipinski definition) is 4. The minimum Gasteiger partial charge on any atom is -0.319 e. The molecular formula is C20H20FN3O2S. The Kier molecular flexibility index (Phi) is 4.55. The van der Waals surface area contributed by atoms with E-state index in [-0.39, 0.29) is 11.2 Å². The van der Waals surface area contributed by atoms with Crippen molar-refractivity contribution in [2.75, 3.05) is 5.32 Å². The second kappa shape index (κ2) is 6.88. The van der Waals surface area contributed by atoms with E-state index in [0.29, 0.717) is 27.2 Å². The summed E-state index contributed by atoms with van der Waals surface area (Å²) in [6, 6.07) is 4.65. The zero-order valence-corrected chi connectivity index (χ0v) is 16.1. The molecule has 0 unspecified atom stereocenters. The van der Waals surface area contributed by atoms with Gasteiger partial charge in [0.05, 0.1) is 16.0 Å². The van der Waals surface area contributed by atoms with Crippen molar-refractivity contribution in [1.82, 2.24) is 9.55 Å². The number of carbonyl (C=O) groups excluding carboxylic acids is 1. The van der Waals surface area contributed by atoms with Crippen molar-refractivity contribution in [2.45, 2.75) is 46.1 Å². The number of rotatable bonds is 2. The van der Waals surface area contributed by atoms with E-state index in [1.54, 1.807) is 30.5 Å². The highest BCUT2D eigenvalue weighted by Gasteiger charge is 2.22. The minimum absolute atomic E-state index is 0.0776. The molecule has 1 aromatic carbocycles. The molecule has 1 N–H and O–H groups in total. The molecule has 5 nitrogen and oxygen atoms in total. The number of anilines is 1. The first-order valence-corrected chi connectivity index (χ1v) is 9.87. The maximum absolute atomic E-state index is 14.1. The second-order valence-corrected chi connectivity index (χ2v) is 7.97. The molecule has 0 saturated carbocycles. The van der Waals surface area contributed by atoms with Crippen LogP contribution in [0.2, 0.25) is 0 Å². The summed E-state index contributed by atoms with van der Waals surface area (Å²) < 4.78 is 15.8. The Hall–Kier alpha value is -2.54. The minimum atomic E-state index is -0.480. The van der Waals surface area contributed by atoms with Gasteiger partial charge in [-0.05, 0) is 49.9 Å². The van der Waals surface area contributed by atoms with Crippen molar-refractivity contribution in [1.29, 1.82) is 0 Å². The number of nitrogens with one attached hydrogen (secondary N) is 1. The normalized spacial score (nSPS) is 14.0. The molecule has 0 aliphatic carbocycles. The van der Waals surface area contributed by atoms with E-state index in [2.05, 4.69) is 10.3 Å². The van der Waals surface area contributed by atoms with Gasteiger partial charge in [-0.1, -0.05) is 12.5 Å². The molecule has 0 radical (unpaired) electrons. The average Bonchev–Trinajstić information content (AvgIpc) is 2.79. The van der Waals surface area contributed by atoms with Crippen molar-refractivity contribution in [3.8, 4) is 0 Å². The van der Waals surface area contributed by atoms with Crippen molar-refractivity contribution in [3.63, 3.8) is 0 Å². The predicted molar refractivity (Wildman–Crippen MR) is 105 cm³/mol. The standard InChI is InChI=1S/C20H20FN3O2S/c1-11-7-8-14(13(21)10-11)22-18(25)17-12(2)16-19(27-17)23-15-6-4-3-5-9-24(15)20(16)26/h7-8,10H,3-6,9H2,1-2H3,(H,22,25). The fourth-order valence-electron chi connectivity index (χ4n) is 3.53. The van der Waals surface area contributed by atoms with Gasteiger partial charge >= 0.3 is 0 Å². The van der Waals surface area contributed by atoms with Crippen LogP contribution in [0.5, 0.6) is 0 Å². The lowest BCUT2D eigenvalue weighted by Gasteiger charge is -2.08. The van der Waals surface area contributed by atoms with Crippen LogP contribution in [0.3, 0.4) is 0 Å². The quantitative estimate of drug-likeness (QED) is 0.719. The van der Waals surface area contributed by atoms with Crippen LogP contribution >= 0.6 is 11.3 Å². The summed E-state index contributed by atoms with van der Waals surface area (Å²) in [5, 5.41) is 3.11. The van der Waals surface area contributed by atoms with Crippen molar-refractivity contribution in [3.05, 3.63) is 56.2 Å².